The molecule has 0 bridgehead atoms. The Morgan fingerprint density at radius 2 is 2.31 bits per heavy atom. The molecule has 0 saturated carbocycles. The first kappa shape index (κ1) is 13.0. The fraction of sp³-hybridized carbons (Fsp3) is 0.417. The molecule has 4 heteroatoms. The molecular weight excluding hydrogens is 224 g/mol. The topological polar surface area (TPSA) is 36.4 Å². The van der Waals surface area contributed by atoms with Gasteiger partial charge in [-0.25, -0.2) is 4.98 Å². The van der Waals surface area contributed by atoms with Gasteiger partial charge in [-0.15, -0.1) is 6.58 Å². The number of aliphatic hydroxyl groups excluding tert-OH is 1. The van der Waals surface area contributed by atoms with Crippen molar-refractivity contribution in [2.75, 3.05) is 18.0 Å². The Kier molecular flexibility index (Phi) is 5.29. The van der Waals surface area contributed by atoms with Crippen molar-refractivity contribution < 1.29 is 5.11 Å². The number of nitrogens with zero attached hydrogens (tertiary/aromatic N) is 2. The summed E-state index contributed by atoms with van der Waals surface area (Å²) in [6.45, 7) is 7.35. The summed E-state index contributed by atoms with van der Waals surface area (Å²) < 4.78 is 0. The van der Waals surface area contributed by atoms with E-state index in [0.717, 1.165) is 25.3 Å². The van der Waals surface area contributed by atoms with E-state index >= 15 is 0 Å². The summed E-state index contributed by atoms with van der Waals surface area (Å²) in [4.78, 5) is 6.42. The third-order valence-electron chi connectivity index (χ3n) is 2.22. The van der Waals surface area contributed by atoms with Crippen molar-refractivity contribution in [2.24, 2.45) is 0 Å². The number of rotatable bonds is 6. The molecule has 1 heterocycles. The van der Waals surface area contributed by atoms with Crippen LogP contribution in [0.2, 0.25) is 5.02 Å². The number of halogens is 1. The van der Waals surface area contributed by atoms with Crippen LogP contribution in [0, 0.1) is 0 Å². The Morgan fingerprint density at radius 3 is 2.88 bits per heavy atom. The highest BCUT2D eigenvalue weighted by molar-refractivity contribution is 6.31. The maximum absolute atomic E-state index is 9.10. The van der Waals surface area contributed by atoms with Gasteiger partial charge >= 0.3 is 0 Å². The number of hydrogen-bond donors (Lipinski definition) is 1. The summed E-state index contributed by atoms with van der Waals surface area (Å²) in [6.07, 6.45) is 2.87. The maximum atomic E-state index is 9.10. The van der Waals surface area contributed by atoms with Crippen molar-refractivity contribution in [1.29, 1.82) is 0 Å². The Bertz CT molecular complexity index is 355. The van der Waals surface area contributed by atoms with Gasteiger partial charge in [0.15, 0.2) is 0 Å². The van der Waals surface area contributed by atoms with Gasteiger partial charge in [0.2, 0.25) is 0 Å². The van der Waals surface area contributed by atoms with Gasteiger partial charge in [0.05, 0.1) is 17.3 Å². The van der Waals surface area contributed by atoms with Crippen LogP contribution < -0.4 is 4.90 Å². The second-order valence-corrected chi connectivity index (χ2v) is 3.90. The first-order chi connectivity index (χ1) is 7.72. The van der Waals surface area contributed by atoms with E-state index in [1.807, 2.05) is 12.1 Å². The van der Waals surface area contributed by atoms with Gasteiger partial charge < -0.3 is 10.0 Å². The highest BCUT2D eigenvalue weighted by Gasteiger charge is 2.08. The van der Waals surface area contributed by atoms with Crippen molar-refractivity contribution in [3.8, 4) is 0 Å². The summed E-state index contributed by atoms with van der Waals surface area (Å²) in [5.41, 5.74) is 0.518. The van der Waals surface area contributed by atoms with Gasteiger partial charge in [-0.1, -0.05) is 24.6 Å². The highest BCUT2D eigenvalue weighted by atomic mass is 35.5. The first-order valence-electron chi connectivity index (χ1n) is 5.35. The molecule has 1 N–H and O–H groups in total. The normalized spacial score (nSPS) is 10.2. The van der Waals surface area contributed by atoms with E-state index in [1.54, 1.807) is 6.07 Å². The van der Waals surface area contributed by atoms with E-state index < -0.39 is 0 Å². The lowest BCUT2D eigenvalue weighted by atomic mass is 10.3. The Labute approximate surface area is 101 Å². The molecule has 0 radical (unpaired) electrons. The predicted octanol–water partition coefficient (Wildman–Crippen LogP) is 2.63. The second kappa shape index (κ2) is 6.51. The standard InChI is InChI=1S/C12H17ClN2O/c1-3-7-15(8-4-2)12-6-5-10(13)11(9-16)14-12/h3,5-6,16H,1,4,7-9H2,2H3. The Morgan fingerprint density at radius 1 is 1.56 bits per heavy atom. The Hall–Kier alpha value is -1.06. The van der Waals surface area contributed by atoms with Crippen molar-refractivity contribution in [2.45, 2.75) is 20.0 Å². The van der Waals surface area contributed by atoms with Crippen LogP contribution in [0.25, 0.3) is 0 Å². The molecule has 0 amide bonds. The van der Waals surface area contributed by atoms with E-state index in [9.17, 15) is 0 Å². The zero-order valence-corrected chi connectivity index (χ0v) is 10.2. The van der Waals surface area contributed by atoms with Gasteiger partial charge in [-0.05, 0) is 18.6 Å². The van der Waals surface area contributed by atoms with Crippen LogP contribution in [-0.4, -0.2) is 23.2 Å². The zero-order valence-electron chi connectivity index (χ0n) is 9.49. The van der Waals surface area contributed by atoms with Gasteiger partial charge in [-0.2, -0.15) is 0 Å². The average molecular weight is 241 g/mol. The van der Waals surface area contributed by atoms with Crippen LogP contribution in [0.1, 0.15) is 19.0 Å². The quantitative estimate of drug-likeness (QED) is 0.777. The molecule has 1 aromatic heterocycles. The average Bonchev–Trinajstić information content (AvgIpc) is 2.29. The van der Waals surface area contributed by atoms with Crippen LogP contribution >= 0.6 is 11.6 Å². The SMILES string of the molecule is C=CCN(CCC)c1ccc(Cl)c(CO)n1. The molecule has 0 aliphatic carbocycles. The molecule has 0 fully saturated rings. The van der Waals surface area contributed by atoms with Gasteiger partial charge in [0, 0.05) is 13.1 Å². The lowest BCUT2D eigenvalue weighted by molar-refractivity contribution is 0.277. The third kappa shape index (κ3) is 3.22. The van der Waals surface area contributed by atoms with Crippen LogP contribution in [0.3, 0.4) is 0 Å². The third-order valence-corrected chi connectivity index (χ3v) is 2.56. The monoisotopic (exact) mass is 240 g/mol. The smallest absolute Gasteiger partial charge is 0.129 e. The minimum absolute atomic E-state index is 0.138. The second-order valence-electron chi connectivity index (χ2n) is 3.49. The molecule has 0 aromatic carbocycles. The summed E-state index contributed by atoms with van der Waals surface area (Å²) in [5.74, 6) is 0.829. The minimum atomic E-state index is -0.138. The molecule has 0 aliphatic rings. The van der Waals surface area contributed by atoms with Crippen LogP contribution in [0.15, 0.2) is 24.8 Å². The molecule has 16 heavy (non-hydrogen) atoms. The van der Waals surface area contributed by atoms with Crippen molar-refractivity contribution >= 4 is 17.4 Å². The van der Waals surface area contributed by atoms with E-state index in [4.69, 9.17) is 16.7 Å². The summed E-state index contributed by atoms with van der Waals surface area (Å²) in [7, 11) is 0. The van der Waals surface area contributed by atoms with Gasteiger partial charge in [0.1, 0.15) is 5.82 Å². The largest absolute Gasteiger partial charge is 0.390 e. The van der Waals surface area contributed by atoms with Crippen molar-refractivity contribution in [3.63, 3.8) is 0 Å². The number of hydrogen-bond acceptors (Lipinski definition) is 3. The molecule has 88 valence electrons. The van der Waals surface area contributed by atoms with E-state index in [0.29, 0.717) is 10.7 Å². The zero-order chi connectivity index (χ0) is 12.0. The van der Waals surface area contributed by atoms with E-state index in [2.05, 4.69) is 23.4 Å². The van der Waals surface area contributed by atoms with E-state index in [-0.39, 0.29) is 6.61 Å². The fourth-order valence-corrected chi connectivity index (χ4v) is 1.65. The highest BCUT2D eigenvalue weighted by Crippen LogP contribution is 2.19. The lowest BCUT2D eigenvalue weighted by Gasteiger charge is -2.22. The molecule has 3 nitrogen and oxygen atoms in total. The van der Waals surface area contributed by atoms with E-state index in [1.165, 1.54) is 0 Å². The Balaban J connectivity index is 2.94. The van der Waals surface area contributed by atoms with Gasteiger partial charge in [-0.3, -0.25) is 0 Å². The molecule has 0 unspecified atom stereocenters. The van der Waals surface area contributed by atoms with Crippen molar-refractivity contribution in [1.82, 2.24) is 4.98 Å². The first-order valence-corrected chi connectivity index (χ1v) is 5.72. The maximum Gasteiger partial charge on any atom is 0.129 e. The summed E-state index contributed by atoms with van der Waals surface area (Å²) >= 11 is 5.89. The number of anilines is 1. The number of aliphatic hydroxyl groups is 1. The van der Waals surface area contributed by atoms with Crippen LogP contribution in [0.5, 0.6) is 0 Å². The summed E-state index contributed by atoms with van der Waals surface area (Å²) in [5, 5.41) is 9.60. The van der Waals surface area contributed by atoms with Crippen LogP contribution in [0.4, 0.5) is 5.82 Å². The predicted molar refractivity (Wildman–Crippen MR) is 67.9 cm³/mol. The van der Waals surface area contributed by atoms with Gasteiger partial charge in [0.25, 0.3) is 0 Å². The summed E-state index contributed by atoms with van der Waals surface area (Å²) in [6, 6.07) is 3.63. The molecule has 0 spiro atoms. The molecule has 1 rings (SSSR count). The lowest BCUT2D eigenvalue weighted by Crippen LogP contribution is -2.25. The minimum Gasteiger partial charge on any atom is -0.390 e. The molecule has 0 aliphatic heterocycles. The fourth-order valence-electron chi connectivity index (χ4n) is 1.48. The number of pyridine rings is 1. The molecule has 0 saturated heterocycles. The molecule has 0 atom stereocenters. The molecule has 1 aromatic rings. The van der Waals surface area contributed by atoms with Crippen molar-refractivity contribution in [3.05, 3.63) is 35.5 Å². The van der Waals surface area contributed by atoms with Crippen LogP contribution in [-0.2, 0) is 6.61 Å². The number of aromatic nitrogens is 1. The molecular formula is C12H17ClN2O.